The van der Waals surface area contributed by atoms with Gasteiger partial charge in [-0.1, -0.05) is 6.92 Å². The highest BCUT2D eigenvalue weighted by Gasteiger charge is 2.50. The highest BCUT2D eigenvalue weighted by molar-refractivity contribution is 5.94. The summed E-state index contributed by atoms with van der Waals surface area (Å²) in [5, 5.41) is 0. The molecular weight excluding hydrogens is 306 g/mol. The molecule has 5 nitrogen and oxygen atoms in total. The highest BCUT2D eigenvalue weighted by atomic mass is 16.6. The topological polar surface area (TPSA) is 57.5 Å². The van der Waals surface area contributed by atoms with Gasteiger partial charge >= 0.3 is 11.9 Å². The molecule has 0 spiro atoms. The Balaban J connectivity index is 1.98. The lowest BCUT2D eigenvalue weighted by atomic mass is 10.1. The molecule has 3 rings (SSSR count). The van der Waals surface area contributed by atoms with Crippen molar-refractivity contribution < 1.29 is 19.1 Å². The molecule has 132 valence electrons. The van der Waals surface area contributed by atoms with Gasteiger partial charge in [0.15, 0.2) is 0 Å². The predicted octanol–water partition coefficient (Wildman–Crippen LogP) is 3.23. The van der Waals surface area contributed by atoms with Gasteiger partial charge in [-0.2, -0.15) is 0 Å². The summed E-state index contributed by atoms with van der Waals surface area (Å²) in [6.07, 6.45) is 2.80. The van der Waals surface area contributed by atoms with E-state index in [-0.39, 0.29) is 18.5 Å². The van der Waals surface area contributed by atoms with E-state index in [4.69, 9.17) is 9.47 Å². The molecule has 2 atom stereocenters. The fraction of sp³-hybridized carbons (Fsp3) is 0.684. The van der Waals surface area contributed by atoms with Crippen LogP contribution in [-0.2, 0) is 33.7 Å². The van der Waals surface area contributed by atoms with Gasteiger partial charge in [-0.05, 0) is 64.4 Å². The van der Waals surface area contributed by atoms with Crippen molar-refractivity contribution in [2.24, 2.45) is 5.92 Å². The van der Waals surface area contributed by atoms with E-state index in [9.17, 15) is 9.59 Å². The van der Waals surface area contributed by atoms with Crippen molar-refractivity contribution in [3.63, 3.8) is 0 Å². The monoisotopic (exact) mass is 333 g/mol. The third-order valence-electron chi connectivity index (χ3n) is 4.79. The first-order valence-electron chi connectivity index (χ1n) is 8.89. The summed E-state index contributed by atoms with van der Waals surface area (Å²) >= 11 is 0. The summed E-state index contributed by atoms with van der Waals surface area (Å²) < 4.78 is 12.8. The number of aromatic nitrogens is 1. The van der Waals surface area contributed by atoms with E-state index in [1.807, 2.05) is 39.2 Å². The van der Waals surface area contributed by atoms with E-state index in [0.29, 0.717) is 30.4 Å². The Morgan fingerprint density at radius 3 is 2.54 bits per heavy atom. The molecule has 0 N–H and O–H groups in total. The first kappa shape index (κ1) is 17.1. The van der Waals surface area contributed by atoms with Crippen LogP contribution in [0.15, 0.2) is 0 Å². The molecule has 2 unspecified atom stereocenters. The minimum absolute atomic E-state index is 0.168. The van der Waals surface area contributed by atoms with Gasteiger partial charge in [0.1, 0.15) is 12.1 Å². The fourth-order valence-corrected chi connectivity index (χ4v) is 3.93. The molecule has 0 aromatic carbocycles. The predicted molar refractivity (Wildman–Crippen MR) is 90.2 cm³/mol. The van der Waals surface area contributed by atoms with E-state index >= 15 is 0 Å². The van der Waals surface area contributed by atoms with Gasteiger partial charge in [-0.15, -0.1) is 0 Å². The van der Waals surface area contributed by atoms with Gasteiger partial charge in [0.2, 0.25) is 0 Å². The lowest BCUT2D eigenvalue weighted by Crippen LogP contribution is -2.27. The Bertz CT molecular complexity index is 681. The summed E-state index contributed by atoms with van der Waals surface area (Å²) in [4.78, 5) is 24.9. The molecule has 0 saturated heterocycles. The van der Waals surface area contributed by atoms with Gasteiger partial charge in [0.05, 0.1) is 12.2 Å². The molecule has 0 radical (unpaired) electrons. The van der Waals surface area contributed by atoms with Gasteiger partial charge in [0, 0.05) is 11.4 Å². The van der Waals surface area contributed by atoms with Crippen LogP contribution in [0.25, 0.3) is 0 Å². The standard InChI is InChI=1S/C19H27NO4/c1-6-13-17(18(22)23-7-2)16-12-8-11(12)9-14(16)20(13)10-15(21)24-19(3,4)5/h11-12H,6-10H2,1-5H3. The van der Waals surface area contributed by atoms with Crippen LogP contribution in [-0.4, -0.2) is 28.7 Å². The molecule has 0 amide bonds. The summed E-state index contributed by atoms with van der Waals surface area (Å²) in [5.41, 5.74) is 3.39. The molecule has 2 aliphatic carbocycles. The third kappa shape index (κ3) is 2.96. The van der Waals surface area contributed by atoms with E-state index in [1.54, 1.807) is 0 Å². The normalized spacial score (nSPS) is 21.2. The first-order chi connectivity index (χ1) is 11.3. The van der Waals surface area contributed by atoms with Gasteiger partial charge in [-0.3, -0.25) is 4.79 Å². The number of hydrogen-bond acceptors (Lipinski definition) is 4. The molecule has 1 heterocycles. The zero-order valence-corrected chi connectivity index (χ0v) is 15.3. The Morgan fingerprint density at radius 1 is 1.25 bits per heavy atom. The Labute approximate surface area is 143 Å². The highest BCUT2D eigenvalue weighted by Crippen LogP contribution is 2.58. The van der Waals surface area contributed by atoms with Crippen LogP contribution in [0.2, 0.25) is 0 Å². The van der Waals surface area contributed by atoms with Gasteiger partial charge < -0.3 is 14.0 Å². The first-order valence-corrected chi connectivity index (χ1v) is 8.89. The minimum Gasteiger partial charge on any atom is -0.462 e. The van der Waals surface area contributed by atoms with Crippen LogP contribution in [0.5, 0.6) is 0 Å². The molecule has 0 aliphatic heterocycles. The zero-order valence-electron chi connectivity index (χ0n) is 15.3. The van der Waals surface area contributed by atoms with Crippen molar-refractivity contribution in [2.75, 3.05) is 6.61 Å². The lowest BCUT2D eigenvalue weighted by Gasteiger charge is -2.21. The molecule has 5 heteroatoms. The summed E-state index contributed by atoms with van der Waals surface area (Å²) in [7, 11) is 0. The van der Waals surface area contributed by atoms with Crippen LogP contribution < -0.4 is 0 Å². The van der Waals surface area contributed by atoms with Crippen molar-refractivity contribution in [3.05, 3.63) is 22.5 Å². The number of fused-ring (bicyclic) bond motifs is 3. The van der Waals surface area contributed by atoms with E-state index in [2.05, 4.69) is 0 Å². The number of rotatable bonds is 5. The van der Waals surface area contributed by atoms with Crippen molar-refractivity contribution in [3.8, 4) is 0 Å². The number of carbonyl (C=O) groups is 2. The molecule has 0 bridgehead atoms. The Morgan fingerprint density at radius 2 is 1.96 bits per heavy atom. The quantitative estimate of drug-likeness (QED) is 0.776. The number of esters is 2. The van der Waals surface area contributed by atoms with Crippen LogP contribution in [0.3, 0.4) is 0 Å². The SMILES string of the molecule is CCOC(=O)c1c2c(n(CC(=O)OC(C)(C)C)c1CC)CC1CC21. The van der Waals surface area contributed by atoms with Gasteiger partial charge in [0.25, 0.3) is 0 Å². The number of ether oxygens (including phenoxy) is 2. The van der Waals surface area contributed by atoms with Crippen molar-refractivity contribution in [1.82, 2.24) is 4.57 Å². The molecule has 24 heavy (non-hydrogen) atoms. The maximum atomic E-state index is 12.5. The second-order valence-corrected chi connectivity index (χ2v) is 7.74. The number of carbonyl (C=O) groups excluding carboxylic acids is 2. The number of hydrogen-bond donors (Lipinski definition) is 0. The smallest absolute Gasteiger partial charge is 0.340 e. The second-order valence-electron chi connectivity index (χ2n) is 7.74. The summed E-state index contributed by atoms with van der Waals surface area (Å²) in [6, 6.07) is 0. The molecular formula is C19H27NO4. The lowest BCUT2D eigenvalue weighted by molar-refractivity contribution is -0.155. The molecule has 1 aromatic rings. The molecule has 1 fully saturated rings. The minimum atomic E-state index is -0.508. The van der Waals surface area contributed by atoms with Crippen LogP contribution in [0, 0.1) is 5.92 Å². The summed E-state index contributed by atoms with van der Waals surface area (Å²) in [6.45, 7) is 9.97. The van der Waals surface area contributed by atoms with Crippen molar-refractivity contribution in [2.45, 2.75) is 71.9 Å². The van der Waals surface area contributed by atoms with Crippen LogP contribution >= 0.6 is 0 Å². The molecule has 1 saturated carbocycles. The van der Waals surface area contributed by atoms with Crippen molar-refractivity contribution >= 4 is 11.9 Å². The van der Waals surface area contributed by atoms with Gasteiger partial charge in [-0.25, -0.2) is 4.79 Å². The Hall–Kier alpha value is -1.78. The summed E-state index contributed by atoms with van der Waals surface area (Å²) in [5.74, 6) is 0.607. The maximum Gasteiger partial charge on any atom is 0.340 e. The van der Waals surface area contributed by atoms with Crippen LogP contribution in [0.4, 0.5) is 0 Å². The number of nitrogens with zero attached hydrogens (tertiary/aromatic N) is 1. The van der Waals surface area contributed by atoms with E-state index < -0.39 is 5.60 Å². The third-order valence-corrected chi connectivity index (χ3v) is 4.79. The average Bonchev–Trinajstić information content (AvgIpc) is 3.02. The van der Waals surface area contributed by atoms with Crippen LogP contribution in [0.1, 0.15) is 74.3 Å². The second kappa shape index (κ2) is 5.94. The molecule has 1 aromatic heterocycles. The van der Waals surface area contributed by atoms with E-state index in [0.717, 1.165) is 29.8 Å². The largest absolute Gasteiger partial charge is 0.462 e. The fourth-order valence-electron chi connectivity index (χ4n) is 3.93. The Kier molecular flexibility index (Phi) is 4.22. The molecule has 2 aliphatic rings. The van der Waals surface area contributed by atoms with E-state index in [1.165, 1.54) is 0 Å². The zero-order chi connectivity index (χ0) is 17.6. The van der Waals surface area contributed by atoms with Crippen molar-refractivity contribution in [1.29, 1.82) is 0 Å². The maximum absolute atomic E-state index is 12.5. The average molecular weight is 333 g/mol.